The molecule has 24 heavy (non-hydrogen) atoms. The highest BCUT2D eigenvalue weighted by Gasteiger charge is 2.42. The Bertz CT molecular complexity index is 459. The van der Waals surface area contributed by atoms with E-state index in [1.54, 1.807) is 6.92 Å². The zero-order valence-electron chi connectivity index (χ0n) is 14.1. The zero-order chi connectivity index (χ0) is 18.8. The van der Waals surface area contributed by atoms with Crippen molar-refractivity contribution in [3.8, 4) is 0 Å². The Morgan fingerprint density at radius 2 is 1.62 bits per heavy atom. The van der Waals surface area contributed by atoms with Crippen molar-refractivity contribution in [3.05, 3.63) is 0 Å². The van der Waals surface area contributed by atoms with Crippen LogP contribution >= 0.6 is 0 Å². The number of ether oxygens (including phenoxy) is 1. The molecule has 0 amide bonds. The van der Waals surface area contributed by atoms with Crippen LogP contribution < -0.4 is 0 Å². The topological polar surface area (TPSA) is 138 Å². The molecule has 0 aliphatic rings. The minimum absolute atomic E-state index is 0.225. The van der Waals surface area contributed by atoms with E-state index >= 15 is 0 Å². The Balaban J connectivity index is 4.91. The van der Waals surface area contributed by atoms with E-state index < -0.39 is 42.5 Å². The summed E-state index contributed by atoms with van der Waals surface area (Å²) in [5.41, 5.74) is -2.76. The predicted octanol–water partition coefficient (Wildman–Crippen LogP) is 1.53. The largest absolute Gasteiger partial charge is 0.481 e. The highest BCUT2D eigenvalue weighted by atomic mass is 16.5. The molecule has 0 aliphatic heterocycles. The van der Waals surface area contributed by atoms with E-state index in [0.29, 0.717) is 19.3 Å². The number of aliphatic carboxylic acids is 2. The fraction of sp³-hybridized carbons (Fsp3) is 0.750. The van der Waals surface area contributed by atoms with Gasteiger partial charge in [-0.25, -0.2) is 4.79 Å². The van der Waals surface area contributed by atoms with Crippen LogP contribution in [0.4, 0.5) is 0 Å². The Morgan fingerprint density at radius 3 is 2.08 bits per heavy atom. The third-order valence-corrected chi connectivity index (χ3v) is 3.48. The highest BCUT2D eigenvalue weighted by molar-refractivity contribution is 5.90. The number of ketones is 1. The molecule has 8 heteroatoms. The molecular formula is C16H26O8. The number of esters is 1. The molecule has 0 radical (unpaired) electrons. The van der Waals surface area contributed by atoms with Gasteiger partial charge in [-0.3, -0.25) is 14.4 Å². The van der Waals surface area contributed by atoms with Crippen molar-refractivity contribution in [2.45, 2.75) is 76.9 Å². The van der Waals surface area contributed by atoms with Gasteiger partial charge in [-0.1, -0.05) is 26.7 Å². The molecule has 2 atom stereocenters. The minimum Gasteiger partial charge on any atom is -0.481 e. The molecule has 0 aromatic heterocycles. The lowest BCUT2D eigenvalue weighted by molar-refractivity contribution is -0.174. The summed E-state index contributed by atoms with van der Waals surface area (Å²) >= 11 is 0. The Hall–Kier alpha value is -1.96. The van der Waals surface area contributed by atoms with Crippen LogP contribution in [-0.2, 0) is 23.9 Å². The molecule has 0 bridgehead atoms. The molecular weight excluding hydrogens is 320 g/mol. The number of carboxylic acid groups (broad SMARTS) is 2. The normalized spacial score (nSPS) is 14.5. The number of hydrogen-bond acceptors (Lipinski definition) is 6. The molecule has 0 rings (SSSR count). The second-order valence-electron chi connectivity index (χ2n) is 5.77. The molecule has 3 N–H and O–H groups in total. The summed E-state index contributed by atoms with van der Waals surface area (Å²) in [5.74, 6) is -4.76. The van der Waals surface area contributed by atoms with Crippen LogP contribution in [0.1, 0.15) is 65.2 Å². The smallest absolute Gasteiger partial charge is 0.336 e. The first-order valence-corrected chi connectivity index (χ1v) is 8.06. The number of unbranched alkanes of at least 4 members (excludes halogenated alkanes) is 2. The van der Waals surface area contributed by atoms with Crippen LogP contribution in [-0.4, -0.2) is 50.7 Å². The summed E-state index contributed by atoms with van der Waals surface area (Å²) in [4.78, 5) is 45.6. The maximum absolute atomic E-state index is 12.0. The Labute approximate surface area is 140 Å². The van der Waals surface area contributed by atoms with Crippen molar-refractivity contribution >= 4 is 23.7 Å². The van der Waals surface area contributed by atoms with E-state index in [0.717, 1.165) is 12.8 Å². The molecule has 0 spiro atoms. The summed E-state index contributed by atoms with van der Waals surface area (Å²) in [7, 11) is 0. The maximum atomic E-state index is 12.0. The van der Waals surface area contributed by atoms with Crippen molar-refractivity contribution in [1.29, 1.82) is 0 Å². The third kappa shape index (κ3) is 8.05. The first kappa shape index (κ1) is 22.0. The number of Topliss-reactive ketones (excluding diaryl/α,β-unsaturated/α-hetero) is 1. The summed E-state index contributed by atoms with van der Waals surface area (Å²) in [6, 6.07) is 0. The molecule has 0 fully saturated rings. The molecule has 0 aromatic carbocycles. The highest BCUT2D eigenvalue weighted by Crippen LogP contribution is 2.19. The minimum atomic E-state index is -2.76. The number of aliphatic hydroxyl groups is 1. The van der Waals surface area contributed by atoms with E-state index in [9.17, 15) is 24.3 Å². The predicted molar refractivity (Wildman–Crippen MR) is 83.4 cm³/mol. The molecule has 0 saturated carbocycles. The van der Waals surface area contributed by atoms with E-state index in [1.807, 2.05) is 6.92 Å². The zero-order valence-corrected chi connectivity index (χ0v) is 14.1. The standard InChI is InChI=1S/C16H26O8/c1-3-5-6-8-12(11(17)7-4-2)24-14(20)10-16(23,15(21)22)9-13(18)19/h12,23H,3-10H2,1-2H3,(H,18,19)(H,21,22). The first-order chi connectivity index (χ1) is 11.2. The lowest BCUT2D eigenvalue weighted by Crippen LogP contribution is -2.44. The van der Waals surface area contributed by atoms with E-state index in [-0.39, 0.29) is 12.2 Å². The lowest BCUT2D eigenvalue weighted by atomic mass is 9.95. The number of carbonyl (C=O) groups is 4. The number of carbonyl (C=O) groups excluding carboxylic acids is 2. The van der Waals surface area contributed by atoms with Crippen molar-refractivity contribution in [2.75, 3.05) is 0 Å². The van der Waals surface area contributed by atoms with Gasteiger partial charge in [0.25, 0.3) is 0 Å². The van der Waals surface area contributed by atoms with E-state index in [1.165, 1.54) is 0 Å². The molecule has 0 aromatic rings. The molecule has 0 aliphatic carbocycles. The molecule has 2 unspecified atom stereocenters. The van der Waals surface area contributed by atoms with Gasteiger partial charge < -0.3 is 20.1 Å². The van der Waals surface area contributed by atoms with E-state index in [2.05, 4.69) is 0 Å². The second-order valence-corrected chi connectivity index (χ2v) is 5.77. The summed E-state index contributed by atoms with van der Waals surface area (Å²) in [5, 5.41) is 27.4. The quantitative estimate of drug-likeness (QED) is 0.337. The van der Waals surface area contributed by atoms with Gasteiger partial charge in [0.05, 0.1) is 12.8 Å². The Morgan fingerprint density at radius 1 is 1.00 bits per heavy atom. The van der Waals surface area contributed by atoms with Gasteiger partial charge in [-0.15, -0.1) is 0 Å². The van der Waals surface area contributed by atoms with Crippen LogP contribution in [0, 0.1) is 0 Å². The number of hydrogen-bond donors (Lipinski definition) is 3. The average Bonchev–Trinajstić information content (AvgIpc) is 2.45. The van der Waals surface area contributed by atoms with Crippen LogP contribution in [0.15, 0.2) is 0 Å². The average molecular weight is 346 g/mol. The van der Waals surface area contributed by atoms with Gasteiger partial charge in [-0.05, 0) is 19.3 Å². The monoisotopic (exact) mass is 346 g/mol. The Kier molecular flexibility index (Phi) is 9.87. The molecule has 0 saturated heterocycles. The second kappa shape index (κ2) is 10.7. The van der Waals surface area contributed by atoms with Crippen molar-refractivity contribution in [2.24, 2.45) is 0 Å². The lowest BCUT2D eigenvalue weighted by Gasteiger charge is -2.22. The third-order valence-electron chi connectivity index (χ3n) is 3.48. The van der Waals surface area contributed by atoms with Crippen LogP contribution in [0.5, 0.6) is 0 Å². The summed E-state index contributed by atoms with van der Waals surface area (Å²) < 4.78 is 5.03. The molecule has 0 heterocycles. The molecule has 8 nitrogen and oxygen atoms in total. The van der Waals surface area contributed by atoms with Gasteiger partial charge in [0, 0.05) is 6.42 Å². The molecule has 138 valence electrons. The van der Waals surface area contributed by atoms with Gasteiger partial charge in [0.1, 0.15) is 0 Å². The first-order valence-electron chi connectivity index (χ1n) is 8.06. The maximum Gasteiger partial charge on any atom is 0.336 e. The van der Waals surface area contributed by atoms with E-state index in [4.69, 9.17) is 14.9 Å². The summed E-state index contributed by atoms with van der Waals surface area (Å²) in [6.07, 6.45) is 0.406. The fourth-order valence-corrected chi connectivity index (χ4v) is 2.18. The van der Waals surface area contributed by atoms with Crippen molar-refractivity contribution in [1.82, 2.24) is 0 Å². The van der Waals surface area contributed by atoms with Crippen LogP contribution in [0.25, 0.3) is 0 Å². The fourth-order valence-electron chi connectivity index (χ4n) is 2.18. The van der Waals surface area contributed by atoms with Gasteiger partial charge in [0.15, 0.2) is 17.5 Å². The van der Waals surface area contributed by atoms with Gasteiger partial charge in [-0.2, -0.15) is 0 Å². The SMILES string of the molecule is CCCCCC(OC(=O)CC(O)(CC(=O)O)C(=O)O)C(=O)CCC. The number of carboxylic acids is 2. The van der Waals surface area contributed by atoms with Crippen molar-refractivity contribution in [3.63, 3.8) is 0 Å². The number of rotatable bonds is 13. The van der Waals surface area contributed by atoms with Gasteiger partial charge in [0.2, 0.25) is 0 Å². The van der Waals surface area contributed by atoms with Gasteiger partial charge >= 0.3 is 17.9 Å². The van der Waals surface area contributed by atoms with Crippen LogP contribution in [0.3, 0.4) is 0 Å². The van der Waals surface area contributed by atoms with Crippen LogP contribution in [0.2, 0.25) is 0 Å². The van der Waals surface area contributed by atoms with Crippen molar-refractivity contribution < 1.29 is 39.2 Å². The summed E-state index contributed by atoms with van der Waals surface area (Å²) in [6.45, 7) is 3.78.